The fraction of sp³-hybridized carbons (Fsp3) is 0.259. The molecule has 0 radical (unpaired) electrons. The molecule has 0 heterocycles. The molecular weight excluding hydrogens is 397 g/mol. The van der Waals surface area contributed by atoms with Gasteiger partial charge in [0.1, 0.15) is 5.82 Å². The van der Waals surface area contributed by atoms with Crippen LogP contribution in [0.15, 0.2) is 54.6 Å². The van der Waals surface area contributed by atoms with E-state index in [9.17, 15) is 13.2 Å². The summed E-state index contributed by atoms with van der Waals surface area (Å²) in [5.41, 5.74) is 3.09. The Labute approximate surface area is 182 Å². The van der Waals surface area contributed by atoms with Gasteiger partial charge in [0.15, 0.2) is 11.6 Å². The van der Waals surface area contributed by atoms with Crippen molar-refractivity contribution in [1.82, 2.24) is 0 Å². The van der Waals surface area contributed by atoms with Gasteiger partial charge in [0.05, 0.1) is 6.61 Å². The van der Waals surface area contributed by atoms with E-state index in [1.54, 1.807) is 55.5 Å². The molecule has 31 heavy (non-hydrogen) atoms. The molecule has 1 nitrogen and oxygen atoms in total. The average molecular weight is 425 g/mol. The highest BCUT2D eigenvalue weighted by Gasteiger charge is 2.15. The van der Waals surface area contributed by atoms with Crippen LogP contribution in [-0.2, 0) is 6.42 Å². The first kappa shape index (κ1) is 22.7. The van der Waals surface area contributed by atoms with Gasteiger partial charge in [0.2, 0.25) is 5.82 Å². The van der Waals surface area contributed by atoms with E-state index < -0.39 is 11.6 Å². The molecule has 0 fully saturated rings. The summed E-state index contributed by atoms with van der Waals surface area (Å²) in [6.07, 6.45) is 7.76. The number of rotatable bonds is 9. The maximum Gasteiger partial charge on any atom is 0.201 e. The Hall–Kier alpha value is -3.01. The molecule has 0 spiro atoms. The molecule has 3 aromatic rings. The van der Waals surface area contributed by atoms with Crippen LogP contribution in [0.4, 0.5) is 13.2 Å². The zero-order valence-corrected chi connectivity index (χ0v) is 17.9. The quantitative estimate of drug-likeness (QED) is 0.249. The van der Waals surface area contributed by atoms with E-state index in [1.165, 1.54) is 12.1 Å². The molecular formula is C27H27F3O. The molecule has 0 aliphatic rings. The molecule has 0 aromatic heterocycles. The zero-order valence-electron chi connectivity index (χ0n) is 17.9. The number of hydrogen-bond acceptors (Lipinski definition) is 1. The molecule has 162 valence electrons. The summed E-state index contributed by atoms with van der Waals surface area (Å²) in [6.45, 7) is 4.12. The third kappa shape index (κ3) is 5.78. The number of hydrogen-bond donors (Lipinski definition) is 0. The molecule has 0 saturated heterocycles. The molecule has 0 amide bonds. The van der Waals surface area contributed by atoms with Crippen molar-refractivity contribution in [2.45, 2.75) is 39.5 Å². The first-order valence-electron chi connectivity index (χ1n) is 10.7. The van der Waals surface area contributed by atoms with Crippen molar-refractivity contribution in [3.05, 3.63) is 88.7 Å². The van der Waals surface area contributed by atoms with Gasteiger partial charge in [-0.15, -0.1) is 0 Å². The highest BCUT2D eigenvalue weighted by atomic mass is 19.2. The summed E-state index contributed by atoms with van der Waals surface area (Å²) in [5, 5.41) is 0. The van der Waals surface area contributed by atoms with Crippen molar-refractivity contribution in [1.29, 1.82) is 0 Å². The first-order chi connectivity index (χ1) is 15.0. The van der Waals surface area contributed by atoms with E-state index in [2.05, 4.69) is 6.92 Å². The van der Waals surface area contributed by atoms with Gasteiger partial charge in [-0.2, -0.15) is 4.39 Å². The lowest BCUT2D eigenvalue weighted by atomic mass is 10.0. The van der Waals surface area contributed by atoms with Crippen LogP contribution in [0.5, 0.6) is 5.75 Å². The van der Waals surface area contributed by atoms with Gasteiger partial charge in [-0.3, -0.25) is 0 Å². The Kier molecular flexibility index (Phi) is 7.94. The summed E-state index contributed by atoms with van der Waals surface area (Å²) in [7, 11) is 0. The predicted molar refractivity (Wildman–Crippen MR) is 122 cm³/mol. The second-order valence-corrected chi connectivity index (χ2v) is 7.44. The van der Waals surface area contributed by atoms with Crippen molar-refractivity contribution >= 4 is 12.2 Å². The maximum atomic E-state index is 14.4. The van der Waals surface area contributed by atoms with Gasteiger partial charge in [-0.05, 0) is 54.7 Å². The van der Waals surface area contributed by atoms with Crippen molar-refractivity contribution < 1.29 is 17.9 Å². The Bertz CT molecular complexity index is 1040. The SMILES string of the molecule is CCCCCc1ccc(/C=C/c2ccc(-c3ccc(OCC)c(F)c3F)cc2)c(F)c1. The summed E-state index contributed by atoms with van der Waals surface area (Å²) in [4.78, 5) is 0. The minimum absolute atomic E-state index is 0.0956. The van der Waals surface area contributed by atoms with E-state index in [0.29, 0.717) is 11.1 Å². The third-order valence-corrected chi connectivity index (χ3v) is 5.16. The van der Waals surface area contributed by atoms with Gasteiger partial charge in [-0.25, -0.2) is 8.78 Å². The lowest BCUT2D eigenvalue weighted by Gasteiger charge is -2.09. The van der Waals surface area contributed by atoms with Crippen LogP contribution in [0.3, 0.4) is 0 Å². The van der Waals surface area contributed by atoms with Gasteiger partial charge < -0.3 is 4.74 Å². The maximum absolute atomic E-state index is 14.4. The predicted octanol–water partition coefficient (Wildman–Crippen LogP) is 8.07. The zero-order chi connectivity index (χ0) is 22.2. The molecule has 3 aromatic carbocycles. The molecule has 0 aliphatic carbocycles. The number of benzene rings is 3. The smallest absolute Gasteiger partial charge is 0.201 e. The van der Waals surface area contributed by atoms with E-state index >= 15 is 0 Å². The van der Waals surface area contributed by atoms with Crippen LogP contribution in [-0.4, -0.2) is 6.61 Å². The fourth-order valence-corrected chi connectivity index (χ4v) is 3.42. The molecule has 0 unspecified atom stereocenters. The van der Waals surface area contributed by atoms with Crippen LogP contribution >= 0.6 is 0 Å². The number of halogens is 3. The monoisotopic (exact) mass is 424 g/mol. The van der Waals surface area contributed by atoms with Gasteiger partial charge in [0, 0.05) is 11.1 Å². The topological polar surface area (TPSA) is 9.23 Å². The first-order valence-corrected chi connectivity index (χ1v) is 10.7. The Morgan fingerprint density at radius 1 is 0.806 bits per heavy atom. The standard InChI is InChI=1S/C27H27F3O/c1-3-5-6-7-20-11-15-22(24(28)18-20)14-10-19-8-12-21(13-9-19)23-16-17-25(31-4-2)27(30)26(23)29/h8-18H,3-7H2,1-2H3/b14-10+. The van der Waals surface area contributed by atoms with Gasteiger partial charge >= 0.3 is 0 Å². The van der Waals surface area contributed by atoms with Crippen LogP contribution in [0.25, 0.3) is 23.3 Å². The molecule has 0 bridgehead atoms. The van der Waals surface area contributed by atoms with Crippen molar-refractivity contribution in [3.8, 4) is 16.9 Å². The van der Waals surface area contributed by atoms with Gasteiger partial charge in [-0.1, -0.05) is 68.3 Å². The Morgan fingerprint density at radius 2 is 1.58 bits per heavy atom. The molecule has 0 atom stereocenters. The molecule has 4 heteroatoms. The third-order valence-electron chi connectivity index (χ3n) is 5.16. The van der Waals surface area contributed by atoms with E-state index in [4.69, 9.17) is 4.74 Å². The number of unbranched alkanes of at least 4 members (excludes halogenated alkanes) is 2. The molecule has 0 aliphatic heterocycles. The van der Waals surface area contributed by atoms with Crippen molar-refractivity contribution in [3.63, 3.8) is 0 Å². The van der Waals surface area contributed by atoms with Crippen LogP contribution in [0, 0.1) is 17.5 Å². The lowest BCUT2D eigenvalue weighted by molar-refractivity contribution is 0.314. The number of ether oxygens (including phenoxy) is 1. The van der Waals surface area contributed by atoms with Crippen LogP contribution < -0.4 is 4.74 Å². The van der Waals surface area contributed by atoms with E-state index in [1.807, 2.05) is 6.07 Å². The molecule has 0 saturated carbocycles. The minimum Gasteiger partial charge on any atom is -0.491 e. The summed E-state index contributed by atoms with van der Waals surface area (Å²) in [6, 6.07) is 15.3. The summed E-state index contributed by atoms with van der Waals surface area (Å²) < 4.78 is 48.0. The van der Waals surface area contributed by atoms with E-state index in [-0.39, 0.29) is 23.7 Å². The second kappa shape index (κ2) is 10.9. The highest BCUT2D eigenvalue weighted by Crippen LogP contribution is 2.30. The largest absolute Gasteiger partial charge is 0.491 e. The Morgan fingerprint density at radius 3 is 2.26 bits per heavy atom. The van der Waals surface area contributed by atoms with E-state index in [0.717, 1.165) is 36.8 Å². The van der Waals surface area contributed by atoms with Crippen molar-refractivity contribution in [2.24, 2.45) is 0 Å². The van der Waals surface area contributed by atoms with Crippen molar-refractivity contribution in [2.75, 3.05) is 6.61 Å². The summed E-state index contributed by atoms with van der Waals surface area (Å²) >= 11 is 0. The average Bonchev–Trinajstić information content (AvgIpc) is 2.77. The van der Waals surface area contributed by atoms with Gasteiger partial charge in [0.25, 0.3) is 0 Å². The highest BCUT2D eigenvalue weighted by molar-refractivity contribution is 5.72. The Balaban J connectivity index is 1.72. The normalized spacial score (nSPS) is 11.3. The summed E-state index contributed by atoms with van der Waals surface area (Å²) in [5.74, 6) is -2.26. The number of aryl methyl sites for hydroxylation is 1. The van der Waals surface area contributed by atoms with Crippen LogP contribution in [0.2, 0.25) is 0 Å². The minimum atomic E-state index is -0.989. The van der Waals surface area contributed by atoms with Crippen LogP contribution in [0.1, 0.15) is 49.8 Å². The second-order valence-electron chi connectivity index (χ2n) is 7.44. The molecule has 3 rings (SSSR count). The molecule has 0 N–H and O–H groups in total. The fourth-order valence-electron chi connectivity index (χ4n) is 3.42. The lowest BCUT2D eigenvalue weighted by Crippen LogP contribution is -1.98.